The lowest BCUT2D eigenvalue weighted by molar-refractivity contribution is -0.254. The number of allylic oxidation sites excluding steroid dienone is 2. The number of nitrogens with zero attached hydrogens (tertiary/aromatic N) is 2. The second-order valence-corrected chi connectivity index (χ2v) is 22.8. The van der Waals surface area contributed by atoms with Gasteiger partial charge in [0.15, 0.2) is 0 Å². The third-order valence-corrected chi connectivity index (χ3v) is 16.3. The second kappa shape index (κ2) is 27.6. The molecule has 12 nitrogen and oxygen atoms in total. The molecular formula is C59H70F6N8O4S2. The van der Waals surface area contributed by atoms with Crippen molar-refractivity contribution in [1.82, 2.24) is 19.9 Å². The van der Waals surface area contributed by atoms with E-state index in [0.29, 0.717) is 56.5 Å². The van der Waals surface area contributed by atoms with Crippen molar-refractivity contribution in [3.8, 4) is 20.9 Å². The van der Waals surface area contributed by atoms with Crippen molar-refractivity contribution >= 4 is 69.2 Å². The van der Waals surface area contributed by atoms with Crippen molar-refractivity contribution in [1.29, 1.82) is 0 Å². The Kier molecular flexibility index (Phi) is 21.0. The highest BCUT2D eigenvalue weighted by Gasteiger charge is 2.80. The molecule has 4 amide bonds. The lowest BCUT2D eigenvalue weighted by atomic mass is 9.94. The minimum atomic E-state index is -5.77. The van der Waals surface area contributed by atoms with Gasteiger partial charge in [0.1, 0.15) is 0 Å². The van der Waals surface area contributed by atoms with Crippen molar-refractivity contribution in [2.24, 2.45) is 0 Å². The molecule has 0 radical (unpaired) electrons. The van der Waals surface area contributed by atoms with Gasteiger partial charge in [-0.3, -0.25) is 20.2 Å². The highest BCUT2D eigenvalue weighted by atomic mass is 32.1. The molecule has 424 valence electrons. The van der Waals surface area contributed by atoms with E-state index in [1.807, 2.05) is 0 Å². The standard InChI is InChI=1S/C59H70F6N8O4S2/c1-5-7-9-11-13-15-17-19-21-23-43-33-49(74)70-53(66-43)72-55(76)68-41-29-25-39(26-30-41)47-35-45(37(3)78-47)51-52(58(62,63)59(64,65)57(51,60)61)46-36-48(79-38(46)4)40-27-31-42(32-28-40)69-56(77)73-54-67-44(34-50(75)71-54)24-22-20-18-16-14-12-10-8-6-2/h25-36H,5-24H2,1-4H3,(H3,66,68,70,72,74,76)(H3,67,69,71,73,75,77). The molecule has 7 rings (SSSR count). The number of H-pyrrole nitrogens is 2. The summed E-state index contributed by atoms with van der Waals surface area (Å²) in [6.07, 6.45) is 21.9. The Labute approximate surface area is 464 Å². The summed E-state index contributed by atoms with van der Waals surface area (Å²) in [6, 6.07) is 16.1. The molecule has 79 heavy (non-hydrogen) atoms. The molecule has 20 heteroatoms. The van der Waals surface area contributed by atoms with Gasteiger partial charge in [-0.2, -0.15) is 36.3 Å². The highest BCUT2D eigenvalue weighted by molar-refractivity contribution is 7.16. The molecule has 0 unspecified atom stereocenters. The number of urea groups is 2. The monoisotopic (exact) mass is 1130 g/mol. The number of halogens is 6. The number of carbonyl (C=O) groups excluding carboxylic acids is 2. The Balaban J connectivity index is 0.995. The second-order valence-electron chi connectivity index (χ2n) is 20.3. The van der Waals surface area contributed by atoms with Crippen LogP contribution in [0.5, 0.6) is 0 Å². The van der Waals surface area contributed by atoms with E-state index in [-0.39, 0.29) is 21.7 Å². The third kappa shape index (κ3) is 15.4. The van der Waals surface area contributed by atoms with Gasteiger partial charge in [-0.15, -0.1) is 22.7 Å². The van der Waals surface area contributed by atoms with Crippen molar-refractivity contribution in [2.45, 2.75) is 174 Å². The zero-order chi connectivity index (χ0) is 56.7. The Hall–Kier alpha value is -6.54. The van der Waals surface area contributed by atoms with Crippen LogP contribution in [0.3, 0.4) is 0 Å². The number of thiophene rings is 2. The minimum absolute atomic E-state index is 0.0302. The van der Waals surface area contributed by atoms with Crippen LogP contribution in [0.2, 0.25) is 0 Å². The summed E-state index contributed by atoms with van der Waals surface area (Å²) in [6.45, 7) is 7.19. The quantitative estimate of drug-likeness (QED) is 0.0211. The lowest BCUT2D eigenvalue weighted by Crippen LogP contribution is -2.48. The van der Waals surface area contributed by atoms with Gasteiger partial charge in [-0.25, -0.2) is 9.59 Å². The maximum Gasteiger partial charge on any atom is 0.380 e. The van der Waals surface area contributed by atoms with Crippen LogP contribution >= 0.6 is 22.7 Å². The minimum Gasteiger partial charge on any atom is -0.329 e. The lowest BCUT2D eigenvalue weighted by Gasteiger charge is -2.25. The summed E-state index contributed by atoms with van der Waals surface area (Å²) in [4.78, 5) is 65.2. The molecule has 0 bridgehead atoms. The van der Waals surface area contributed by atoms with Gasteiger partial charge >= 0.3 is 29.8 Å². The van der Waals surface area contributed by atoms with Crippen LogP contribution in [0.15, 0.2) is 82.4 Å². The summed E-state index contributed by atoms with van der Waals surface area (Å²) >= 11 is 1.92. The van der Waals surface area contributed by atoms with Gasteiger partial charge in [0, 0.05) is 65.6 Å². The summed E-state index contributed by atoms with van der Waals surface area (Å²) < 4.78 is 95.5. The third-order valence-electron chi connectivity index (χ3n) is 14.1. The summed E-state index contributed by atoms with van der Waals surface area (Å²) in [5.74, 6) is -16.4. The number of amides is 4. The molecule has 0 saturated heterocycles. The first-order valence-electron chi connectivity index (χ1n) is 27.5. The number of aromatic amines is 2. The van der Waals surface area contributed by atoms with Crippen LogP contribution in [0, 0.1) is 13.8 Å². The number of aryl methyl sites for hydroxylation is 4. The number of anilines is 4. The van der Waals surface area contributed by atoms with Gasteiger partial charge in [0.2, 0.25) is 11.9 Å². The average Bonchev–Trinajstić information content (AvgIpc) is 3.08. The molecule has 4 aromatic heterocycles. The van der Waals surface area contributed by atoms with E-state index >= 15 is 26.3 Å². The first-order valence-corrected chi connectivity index (χ1v) is 29.1. The smallest absolute Gasteiger partial charge is 0.329 e. The van der Waals surface area contributed by atoms with E-state index in [4.69, 9.17) is 0 Å². The maximum atomic E-state index is 16.1. The van der Waals surface area contributed by atoms with E-state index in [1.165, 1.54) is 139 Å². The van der Waals surface area contributed by atoms with Crippen molar-refractivity contribution in [3.63, 3.8) is 0 Å². The Bertz CT molecular complexity index is 2960. The van der Waals surface area contributed by atoms with Crippen molar-refractivity contribution in [3.05, 3.63) is 126 Å². The predicted octanol–water partition coefficient (Wildman–Crippen LogP) is 17.2. The fourth-order valence-electron chi connectivity index (χ4n) is 9.81. The van der Waals surface area contributed by atoms with E-state index in [2.05, 4.69) is 55.1 Å². The van der Waals surface area contributed by atoms with Gasteiger partial charge in [0.25, 0.3) is 11.1 Å². The zero-order valence-corrected chi connectivity index (χ0v) is 46.8. The zero-order valence-electron chi connectivity index (χ0n) is 45.2. The normalized spacial score (nSPS) is 14.4. The number of nitrogens with one attached hydrogen (secondary N) is 6. The van der Waals surface area contributed by atoms with E-state index in [0.717, 1.165) is 61.2 Å². The number of unbranched alkanes of at least 4 members (excludes halogenated alkanes) is 16. The molecule has 0 atom stereocenters. The number of rotatable bonds is 28. The molecule has 2 aromatic carbocycles. The molecule has 0 spiro atoms. The van der Waals surface area contributed by atoms with Crippen LogP contribution in [0.1, 0.15) is 162 Å². The van der Waals surface area contributed by atoms with Gasteiger partial charge in [-0.05, 0) is 98.2 Å². The largest absolute Gasteiger partial charge is 0.380 e. The Morgan fingerprint density at radius 2 is 0.810 bits per heavy atom. The number of alkyl halides is 6. The SMILES string of the molecule is CCCCCCCCCCCc1cc(=O)nc(NC(=O)Nc2ccc(-c3cc(C4=C(c5cc(-c6ccc(NC(=O)Nc7nc(=O)cc(CCCCCCCCCCC)[nH]7)cc6)sc5C)C(F)(F)C(F)(F)C4(F)F)c(C)s3)cc2)[nH]1. The molecule has 1 aliphatic rings. The summed E-state index contributed by atoms with van der Waals surface area (Å²) in [7, 11) is 0. The van der Waals surface area contributed by atoms with Crippen LogP contribution in [-0.2, 0) is 12.8 Å². The summed E-state index contributed by atoms with van der Waals surface area (Å²) in [5.41, 5.74) is -2.08. The summed E-state index contributed by atoms with van der Waals surface area (Å²) in [5, 5.41) is 10.4. The molecule has 4 heterocycles. The number of aromatic nitrogens is 4. The number of benzene rings is 2. The van der Waals surface area contributed by atoms with E-state index in [1.54, 1.807) is 24.3 Å². The average molecular weight is 1130 g/mol. The number of hydrogen-bond acceptors (Lipinski definition) is 8. The van der Waals surface area contributed by atoms with Crippen LogP contribution < -0.4 is 32.4 Å². The van der Waals surface area contributed by atoms with E-state index in [9.17, 15) is 19.2 Å². The fourth-order valence-corrected chi connectivity index (χ4v) is 11.9. The van der Waals surface area contributed by atoms with E-state index < -0.39 is 63.2 Å². The van der Waals surface area contributed by atoms with Gasteiger partial charge in [0.05, 0.1) is 0 Å². The van der Waals surface area contributed by atoms with Crippen LogP contribution in [0.4, 0.5) is 59.2 Å². The molecular weight excluding hydrogens is 1060 g/mol. The Morgan fingerprint density at radius 1 is 0.481 bits per heavy atom. The topological polar surface area (TPSA) is 174 Å². The highest BCUT2D eigenvalue weighted by Crippen LogP contribution is 2.66. The molecule has 1 aliphatic carbocycles. The fraction of sp³-hybridized carbons (Fsp3) is 0.458. The van der Waals surface area contributed by atoms with Crippen LogP contribution in [-0.4, -0.2) is 49.8 Å². The van der Waals surface area contributed by atoms with Gasteiger partial charge in [-0.1, -0.05) is 141 Å². The van der Waals surface area contributed by atoms with Crippen LogP contribution in [0.25, 0.3) is 32.0 Å². The molecule has 6 aromatic rings. The molecule has 0 aliphatic heterocycles. The number of hydrogen-bond donors (Lipinski definition) is 6. The Morgan fingerprint density at radius 3 is 1.15 bits per heavy atom. The molecule has 0 saturated carbocycles. The molecule has 0 fully saturated rings. The molecule has 6 N–H and O–H groups in total. The number of carbonyl (C=O) groups is 2. The van der Waals surface area contributed by atoms with Gasteiger partial charge < -0.3 is 20.6 Å². The first-order chi connectivity index (χ1) is 37.8. The van der Waals surface area contributed by atoms with Crippen molar-refractivity contribution < 1.29 is 35.9 Å². The van der Waals surface area contributed by atoms with Crippen molar-refractivity contribution in [2.75, 3.05) is 21.3 Å². The first kappa shape index (κ1) is 60.1. The maximum absolute atomic E-state index is 16.1. The predicted molar refractivity (Wildman–Crippen MR) is 307 cm³/mol.